The summed E-state index contributed by atoms with van der Waals surface area (Å²) in [5.41, 5.74) is 3.58. The van der Waals surface area contributed by atoms with Gasteiger partial charge in [0.1, 0.15) is 5.82 Å². The number of fused-ring (bicyclic) bond motifs is 3. The van der Waals surface area contributed by atoms with E-state index in [1.165, 1.54) is 10.9 Å². The first-order valence-corrected chi connectivity index (χ1v) is 8.14. The molecule has 3 N–H and O–H groups in total. The zero-order valence-corrected chi connectivity index (χ0v) is 13.8. The number of carbonyl (C=O) groups excluding carboxylic acids is 1. The Morgan fingerprint density at radius 3 is 3.00 bits per heavy atom. The van der Waals surface area contributed by atoms with Crippen LogP contribution < -0.4 is 5.32 Å². The number of para-hydroxylation sites is 1. The maximum Gasteiger partial charge on any atom is 0.318 e. The molecule has 124 valence electrons. The minimum absolute atomic E-state index is 0.0886. The number of aromatic amines is 2. The first-order chi connectivity index (χ1) is 11.6. The van der Waals surface area contributed by atoms with Crippen LogP contribution in [-0.4, -0.2) is 37.6 Å². The van der Waals surface area contributed by atoms with E-state index in [1.54, 1.807) is 0 Å². The Morgan fingerprint density at radius 1 is 1.38 bits per heavy atom. The van der Waals surface area contributed by atoms with Gasteiger partial charge >= 0.3 is 6.03 Å². The largest absolute Gasteiger partial charge is 0.357 e. The molecule has 0 radical (unpaired) electrons. The molecule has 0 saturated heterocycles. The van der Waals surface area contributed by atoms with Gasteiger partial charge in [-0.15, -0.1) is 0 Å². The minimum Gasteiger partial charge on any atom is -0.357 e. The van der Waals surface area contributed by atoms with Crippen LogP contribution in [0.25, 0.3) is 10.9 Å². The van der Waals surface area contributed by atoms with E-state index in [2.05, 4.69) is 43.7 Å². The number of aromatic nitrogens is 4. The Morgan fingerprint density at radius 2 is 2.21 bits per heavy atom. The number of amides is 2. The number of aryl methyl sites for hydroxylation is 1. The van der Waals surface area contributed by atoms with Crippen LogP contribution in [0.15, 0.2) is 24.3 Å². The molecule has 7 nitrogen and oxygen atoms in total. The van der Waals surface area contributed by atoms with Crippen LogP contribution in [0.4, 0.5) is 4.79 Å². The summed E-state index contributed by atoms with van der Waals surface area (Å²) in [6.45, 7) is 5.03. The molecule has 0 fully saturated rings. The second-order valence-electron chi connectivity index (χ2n) is 6.25. The van der Waals surface area contributed by atoms with Crippen LogP contribution in [0.5, 0.6) is 0 Å². The van der Waals surface area contributed by atoms with Gasteiger partial charge in [-0.25, -0.2) is 9.78 Å². The Hall–Kier alpha value is -2.83. The number of rotatable bonds is 2. The monoisotopic (exact) mass is 324 g/mol. The average Bonchev–Trinajstić information content (AvgIpc) is 3.17. The number of H-pyrrole nitrogens is 2. The lowest BCUT2D eigenvalue weighted by Gasteiger charge is -2.28. The smallest absolute Gasteiger partial charge is 0.318 e. The zero-order valence-electron chi connectivity index (χ0n) is 13.8. The van der Waals surface area contributed by atoms with Gasteiger partial charge in [-0.3, -0.25) is 5.10 Å². The van der Waals surface area contributed by atoms with E-state index < -0.39 is 0 Å². The third kappa shape index (κ3) is 2.51. The average molecular weight is 324 g/mol. The van der Waals surface area contributed by atoms with Crippen LogP contribution >= 0.6 is 0 Å². The van der Waals surface area contributed by atoms with Crippen LogP contribution in [0, 0.1) is 6.92 Å². The van der Waals surface area contributed by atoms with E-state index in [-0.39, 0.29) is 12.1 Å². The summed E-state index contributed by atoms with van der Waals surface area (Å²) in [6, 6.07) is 7.96. The minimum atomic E-state index is -0.230. The summed E-state index contributed by atoms with van der Waals surface area (Å²) in [7, 11) is 0. The van der Waals surface area contributed by atoms with E-state index in [4.69, 9.17) is 0 Å². The van der Waals surface area contributed by atoms with Crippen molar-refractivity contribution in [1.29, 1.82) is 0 Å². The number of hydrogen-bond donors (Lipinski definition) is 3. The number of urea groups is 1. The summed E-state index contributed by atoms with van der Waals surface area (Å²) in [6.07, 6.45) is 0.862. The van der Waals surface area contributed by atoms with Gasteiger partial charge in [0.05, 0.1) is 12.6 Å². The van der Waals surface area contributed by atoms with Crippen molar-refractivity contribution in [1.82, 2.24) is 30.4 Å². The van der Waals surface area contributed by atoms with Gasteiger partial charge in [0.15, 0.2) is 5.82 Å². The fourth-order valence-corrected chi connectivity index (χ4v) is 3.26. The highest BCUT2D eigenvalue weighted by Gasteiger charge is 2.25. The van der Waals surface area contributed by atoms with Gasteiger partial charge in [-0.2, -0.15) is 5.10 Å². The summed E-state index contributed by atoms with van der Waals surface area (Å²) >= 11 is 0. The highest BCUT2D eigenvalue weighted by molar-refractivity contribution is 5.85. The van der Waals surface area contributed by atoms with Crippen LogP contribution in [0.2, 0.25) is 0 Å². The third-order valence-corrected chi connectivity index (χ3v) is 4.51. The fourth-order valence-electron chi connectivity index (χ4n) is 3.26. The van der Waals surface area contributed by atoms with Crippen molar-refractivity contribution in [3.8, 4) is 0 Å². The van der Waals surface area contributed by atoms with Crippen molar-refractivity contribution in [2.24, 2.45) is 0 Å². The van der Waals surface area contributed by atoms with E-state index >= 15 is 0 Å². The zero-order chi connectivity index (χ0) is 16.7. The second-order valence-corrected chi connectivity index (χ2v) is 6.25. The molecule has 24 heavy (non-hydrogen) atoms. The molecular weight excluding hydrogens is 304 g/mol. The lowest BCUT2D eigenvalue weighted by atomic mass is 10.0. The van der Waals surface area contributed by atoms with Gasteiger partial charge in [0.2, 0.25) is 0 Å². The summed E-state index contributed by atoms with van der Waals surface area (Å²) in [4.78, 5) is 22.1. The summed E-state index contributed by atoms with van der Waals surface area (Å²) in [5.74, 6) is 1.34. The molecule has 1 aromatic carbocycles. The highest BCUT2D eigenvalue weighted by atomic mass is 16.2. The molecule has 0 aliphatic carbocycles. The van der Waals surface area contributed by atoms with E-state index in [0.29, 0.717) is 18.9 Å². The Labute approximate surface area is 139 Å². The van der Waals surface area contributed by atoms with Crippen LogP contribution in [-0.2, 0) is 13.0 Å². The Kier molecular flexibility index (Phi) is 3.48. The van der Waals surface area contributed by atoms with Crippen molar-refractivity contribution < 1.29 is 4.79 Å². The lowest BCUT2D eigenvalue weighted by molar-refractivity contribution is 0.188. The standard InChI is InChI=1S/C17H20N6O/c1-10(16-19-11(2)21-22-16)18-17(24)23-8-7-13-12-5-3-4-6-14(12)20-15(13)9-23/h3-6,10,20H,7-9H2,1-2H3,(H,18,24)(H,19,21,22). The SMILES string of the molecule is Cc1nc(C(C)NC(=O)N2CCc3c([nH]c4ccccc34)C2)n[nH]1. The van der Waals surface area contributed by atoms with Crippen molar-refractivity contribution in [3.63, 3.8) is 0 Å². The maximum absolute atomic E-state index is 12.5. The molecule has 0 saturated carbocycles. The fraction of sp³-hybridized carbons (Fsp3) is 0.353. The Bertz CT molecular complexity index is 896. The van der Waals surface area contributed by atoms with Crippen molar-refractivity contribution >= 4 is 16.9 Å². The maximum atomic E-state index is 12.5. The van der Waals surface area contributed by atoms with Crippen LogP contribution in [0.1, 0.15) is 35.9 Å². The van der Waals surface area contributed by atoms with E-state index in [1.807, 2.05) is 24.8 Å². The van der Waals surface area contributed by atoms with Crippen molar-refractivity contribution in [2.75, 3.05) is 6.54 Å². The van der Waals surface area contributed by atoms with Crippen LogP contribution in [0.3, 0.4) is 0 Å². The summed E-state index contributed by atoms with van der Waals surface area (Å²) in [5, 5.41) is 11.1. The molecule has 2 amide bonds. The summed E-state index contributed by atoms with van der Waals surface area (Å²) < 4.78 is 0. The molecule has 0 spiro atoms. The molecule has 1 atom stereocenters. The Balaban J connectivity index is 1.48. The predicted molar refractivity (Wildman–Crippen MR) is 90.5 cm³/mol. The molecule has 1 aliphatic heterocycles. The molecule has 3 heterocycles. The number of carbonyl (C=O) groups is 1. The lowest BCUT2D eigenvalue weighted by Crippen LogP contribution is -2.43. The topological polar surface area (TPSA) is 89.7 Å². The van der Waals surface area contributed by atoms with Crippen molar-refractivity contribution in [2.45, 2.75) is 32.9 Å². The van der Waals surface area contributed by atoms with E-state index in [9.17, 15) is 4.79 Å². The first kappa shape index (κ1) is 14.7. The predicted octanol–water partition coefficient (Wildman–Crippen LogP) is 2.42. The van der Waals surface area contributed by atoms with E-state index in [0.717, 1.165) is 23.5 Å². The number of nitrogens with zero attached hydrogens (tertiary/aromatic N) is 3. The molecule has 3 aromatic rings. The number of nitrogens with one attached hydrogen (secondary N) is 3. The van der Waals surface area contributed by atoms with Gasteiger partial charge < -0.3 is 15.2 Å². The van der Waals surface area contributed by atoms with Gasteiger partial charge in [0.25, 0.3) is 0 Å². The molecule has 0 bridgehead atoms. The first-order valence-electron chi connectivity index (χ1n) is 8.14. The quantitative estimate of drug-likeness (QED) is 0.676. The highest BCUT2D eigenvalue weighted by Crippen LogP contribution is 2.27. The van der Waals surface area contributed by atoms with Crippen molar-refractivity contribution in [3.05, 3.63) is 47.2 Å². The molecule has 7 heteroatoms. The van der Waals surface area contributed by atoms with Gasteiger partial charge in [0, 0.05) is 23.1 Å². The number of benzene rings is 1. The molecule has 1 aliphatic rings. The normalized spacial score (nSPS) is 15.3. The molecule has 1 unspecified atom stereocenters. The molecular formula is C17H20N6O. The van der Waals surface area contributed by atoms with Gasteiger partial charge in [-0.05, 0) is 31.9 Å². The second kappa shape index (κ2) is 5.67. The molecule has 2 aromatic heterocycles. The third-order valence-electron chi connectivity index (χ3n) is 4.51. The molecule has 4 rings (SSSR count). The van der Waals surface area contributed by atoms with Gasteiger partial charge in [-0.1, -0.05) is 18.2 Å². The number of hydrogen-bond acceptors (Lipinski definition) is 3.